The lowest BCUT2D eigenvalue weighted by Gasteiger charge is -2.07. The van der Waals surface area contributed by atoms with Crippen molar-refractivity contribution in [1.29, 1.82) is 0 Å². The fraction of sp³-hybridized carbons (Fsp3) is 0.375. The SMILES string of the molecule is NN1CCC(c2cccs2)C1=O. The molecular formula is C8H10N2OS. The predicted molar refractivity (Wildman–Crippen MR) is 47.6 cm³/mol. The third kappa shape index (κ3) is 1.13. The molecule has 2 N–H and O–H groups in total. The summed E-state index contributed by atoms with van der Waals surface area (Å²) in [6.07, 6.45) is 0.857. The van der Waals surface area contributed by atoms with Crippen molar-refractivity contribution < 1.29 is 4.79 Å². The fourth-order valence-corrected chi connectivity index (χ4v) is 2.31. The summed E-state index contributed by atoms with van der Waals surface area (Å²) in [6, 6.07) is 3.96. The molecule has 1 aromatic heterocycles. The first-order valence-corrected chi connectivity index (χ1v) is 4.76. The van der Waals surface area contributed by atoms with Gasteiger partial charge in [0.1, 0.15) is 0 Å². The summed E-state index contributed by atoms with van der Waals surface area (Å²) in [7, 11) is 0. The molecule has 0 radical (unpaired) electrons. The van der Waals surface area contributed by atoms with Crippen LogP contribution in [0.1, 0.15) is 17.2 Å². The van der Waals surface area contributed by atoms with E-state index in [1.165, 1.54) is 5.01 Å². The number of nitrogens with zero attached hydrogens (tertiary/aromatic N) is 1. The number of hydrogen-bond acceptors (Lipinski definition) is 3. The average Bonchev–Trinajstić information content (AvgIpc) is 2.64. The number of amides is 1. The monoisotopic (exact) mass is 182 g/mol. The molecule has 0 spiro atoms. The highest BCUT2D eigenvalue weighted by atomic mass is 32.1. The Balaban J connectivity index is 2.22. The van der Waals surface area contributed by atoms with E-state index in [0.29, 0.717) is 6.54 Å². The van der Waals surface area contributed by atoms with E-state index in [2.05, 4.69) is 0 Å². The molecule has 1 unspecified atom stereocenters. The maximum Gasteiger partial charge on any atom is 0.244 e. The molecule has 0 bridgehead atoms. The van der Waals surface area contributed by atoms with Crippen LogP contribution in [-0.4, -0.2) is 17.5 Å². The van der Waals surface area contributed by atoms with Crippen molar-refractivity contribution in [3.05, 3.63) is 22.4 Å². The van der Waals surface area contributed by atoms with Crippen molar-refractivity contribution in [2.75, 3.05) is 6.54 Å². The largest absolute Gasteiger partial charge is 0.280 e. The van der Waals surface area contributed by atoms with Crippen LogP contribution in [0.15, 0.2) is 17.5 Å². The first kappa shape index (κ1) is 7.76. The van der Waals surface area contributed by atoms with Crippen molar-refractivity contribution in [2.45, 2.75) is 12.3 Å². The molecule has 1 amide bonds. The molecule has 0 aromatic carbocycles. The Morgan fingerprint density at radius 1 is 1.67 bits per heavy atom. The van der Waals surface area contributed by atoms with Gasteiger partial charge in [-0.3, -0.25) is 9.80 Å². The third-order valence-corrected chi connectivity index (χ3v) is 3.11. The van der Waals surface area contributed by atoms with Gasteiger partial charge in [-0.15, -0.1) is 11.3 Å². The van der Waals surface area contributed by atoms with Gasteiger partial charge in [-0.05, 0) is 17.9 Å². The van der Waals surface area contributed by atoms with Gasteiger partial charge in [0.05, 0.1) is 5.92 Å². The van der Waals surface area contributed by atoms with Crippen molar-refractivity contribution in [1.82, 2.24) is 5.01 Å². The number of carbonyl (C=O) groups is 1. The topological polar surface area (TPSA) is 46.3 Å². The van der Waals surface area contributed by atoms with E-state index in [1.54, 1.807) is 11.3 Å². The van der Waals surface area contributed by atoms with Crippen LogP contribution in [-0.2, 0) is 4.79 Å². The Morgan fingerprint density at radius 2 is 2.50 bits per heavy atom. The summed E-state index contributed by atoms with van der Waals surface area (Å²) < 4.78 is 0. The lowest BCUT2D eigenvalue weighted by Crippen LogP contribution is -2.33. The molecule has 0 aliphatic carbocycles. The zero-order chi connectivity index (χ0) is 8.55. The number of thiophene rings is 1. The summed E-state index contributed by atoms with van der Waals surface area (Å²) in [5.74, 6) is 5.54. The first-order valence-electron chi connectivity index (χ1n) is 3.88. The van der Waals surface area contributed by atoms with Crippen LogP contribution in [0.2, 0.25) is 0 Å². The van der Waals surface area contributed by atoms with Gasteiger partial charge < -0.3 is 0 Å². The Kier molecular flexibility index (Phi) is 1.86. The summed E-state index contributed by atoms with van der Waals surface area (Å²) in [6.45, 7) is 0.682. The van der Waals surface area contributed by atoms with Gasteiger partial charge in [-0.1, -0.05) is 6.07 Å². The normalized spacial score (nSPS) is 23.6. The van der Waals surface area contributed by atoms with Crippen molar-refractivity contribution in [2.24, 2.45) is 5.84 Å². The average molecular weight is 182 g/mol. The number of hydrogen-bond donors (Lipinski definition) is 1. The number of carbonyl (C=O) groups excluding carboxylic acids is 1. The Hall–Kier alpha value is -0.870. The zero-order valence-corrected chi connectivity index (χ0v) is 7.38. The van der Waals surface area contributed by atoms with E-state index < -0.39 is 0 Å². The van der Waals surface area contributed by atoms with Crippen LogP contribution in [0, 0.1) is 0 Å². The van der Waals surface area contributed by atoms with Gasteiger partial charge in [0.25, 0.3) is 0 Å². The summed E-state index contributed by atoms with van der Waals surface area (Å²) in [4.78, 5) is 12.5. The van der Waals surface area contributed by atoms with E-state index in [9.17, 15) is 4.79 Å². The molecule has 1 aliphatic heterocycles. The summed E-state index contributed by atoms with van der Waals surface area (Å²) >= 11 is 1.62. The Bertz CT molecular complexity index is 283. The van der Waals surface area contributed by atoms with E-state index in [4.69, 9.17) is 5.84 Å². The minimum Gasteiger partial charge on any atom is -0.280 e. The smallest absolute Gasteiger partial charge is 0.244 e. The maximum atomic E-state index is 11.4. The molecule has 1 aliphatic rings. The highest BCUT2D eigenvalue weighted by Gasteiger charge is 2.31. The molecule has 2 heterocycles. The van der Waals surface area contributed by atoms with Crippen LogP contribution in [0.5, 0.6) is 0 Å². The third-order valence-electron chi connectivity index (χ3n) is 2.13. The lowest BCUT2D eigenvalue weighted by molar-refractivity contribution is -0.129. The van der Waals surface area contributed by atoms with Gasteiger partial charge in [-0.2, -0.15) is 0 Å². The first-order chi connectivity index (χ1) is 5.79. The fourth-order valence-electron chi connectivity index (χ4n) is 1.46. The number of nitrogens with two attached hydrogens (primary N) is 1. The minimum absolute atomic E-state index is 0.0231. The molecule has 64 valence electrons. The Morgan fingerprint density at radius 3 is 3.00 bits per heavy atom. The van der Waals surface area contributed by atoms with Crippen LogP contribution in [0.25, 0.3) is 0 Å². The summed E-state index contributed by atoms with van der Waals surface area (Å²) in [5.41, 5.74) is 0. The van der Waals surface area contributed by atoms with E-state index in [0.717, 1.165) is 11.3 Å². The molecular weight excluding hydrogens is 172 g/mol. The molecule has 4 heteroatoms. The molecule has 1 atom stereocenters. The number of rotatable bonds is 1. The summed E-state index contributed by atoms with van der Waals surface area (Å²) in [5, 5.41) is 3.30. The zero-order valence-electron chi connectivity index (χ0n) is 6.56. The second-order valence-electron chi connectivity index (χ2n) is 2.89. The predicted octanol–water partition coefficient (Wildman–Crippen LogP) is 0.938. The quantitative estimate of drug-likeness (QED) is 0.519. The van der Waals surface area contributed by atoms with Gasteiger partial charge in [-0.25, -0.2) is 5.84 Å². The van der Waals surface area contributed by atoms with Gasteiger partial charge in [0.15, 0.2) is 0 Å². The van der Waals surface area contributed by atoms with Crippen LogP contribution in [0.3, 0.4) is 0 Å². The second kappa shape index (κ2) is 2.88. The van der Waals surface area contributed by atoms with Crippen molar-refractivity contribution in [3.8, 4) is 0 Å². The second-order valence-corrected chi connectivity index (χ2v) is 3.87. The van der Waals surface area contributed by atoms with E-state index >= 15 is 0 Å². The molecule has 2 rings (SSSR count). The highest BCUT2D eigenvalue weighted by Crippen LogP contribution is 2.29. The molecule has 0 saturated carbocycles. The molecule has 1 aromatic rings. The maximum absolute atomic E-state index is 11.4. The van der Waals surface area contributed by atoms with E-state index in [-0.39, 0.29) is 11.8 Å². The highest BCUT2D eigenvalue weighted by molar-refractivity contribution is 7.10. The molecule has 12 heavy (non-hydrogen) atoms. The van der Waals surface area contributed by atoms with Crippen LogP contribution in [0.4, 0.5) is 0 Å². The van der Waals surface area contributed by atoms with E-state index in [1.807, 2.05) is 17.5 Å². The number of hydrazine groups is 1. The minimum atomic E-state index is 0.0231. The van der Waals surface area contributed by atoms with Crippen LogP contribution >= 0.6 is 11.3 Å². The van der Waals surface area contributed by atoms with Crippen molar-refractivity contribution >= 4 is 17.2 Å². The Labute approximate surface area is 74.8 Å². The molecule has 3 nitrogen and oxygen atoms in total. The van der Waals surface area contributed by atoms with Crippen LogP contribution < -0.4 is 5.84 Å². The lowest BCUT2D eigenvalue weighted by atomic mass is 10.1. The van der Waals surface area contributed by atoms with Gasteiger partial charge in [0, 0.05) is 11.4 Å². The molecule has 1 fully saturated rings. The standard InChI is InChI=1S/C8H10N2OS/c9-10-4-3-6(8(10)11)7-2-1-5-12-7/h1-2,5-6H,3-4,9H2. The van der Waals surface area contributed by atoms with Crippen molar-refractivity contribution in [3.63, 3.8) is 0 Å². The van der Waals surface area contributed by atoms with Gasteiger partial charge in [0.2, 0.25) is 5.91 Å². The van der Waals surface area contributed by atoms with Gasteiger partial charge >= 0.3 is 0 Å². The molecule has 1 saturated heterocycles.